The van der Waals surface area contributed by atoms with E-state index in [1.807, 2.05) is 0 Å². The van der Waals surface area contributed by atoms with Crippen molar-refractivity contribution in [2.75, 3.05) is 7.11 Å². The Kier molecular flexibility index (Phi) is 5.42. The zero-order valence-electron chi connectivity index (χ0n) is 14.5. The summed E-state index contributed by atoms with van der Waals surface area (Å²) in [7, 11) is 1.24. The summed E-state index contributed by atoms with van der Waals surface area (Å²) in [5, 5.41) is 10.9. The average molecular weight is 400 g/mol. The van der Waals surface area contributed by atoms with E-state index in [0.717, 1.165) is 10.8 Å². The van der Waals surface area contributed by atoms with E-state index < -0.39 is 23.1 Å². The average Bonchev–Trinajstić information content (AvgIpc) is 2.68. The van der Waals surface area contributed by atoms with Gasteiger partial charge in [0, 0.05) is 11.2 Å². The van der Waals surface area contributed by atoms with Crippen LogP contribution in [0.1, 0.15) is 15.9 Å². The maximum absolute atomic E-state index is 12.2. The lowest BCUT2D eigenvalue weighted by atomic mass is 10.2. The molecule has 0 fully saturated rings. The van der Waals surface area contributed by atoms with Gasteiger partial charge in [-0.05, 0) is 36.4 Å². The van der Waals surface area contributed by atoms with Gasteiger partial charge in [-0.15, -0.1) is 0 Å². The van der Waals surface area contributed by atoms with Gasteiger partial charge in [-0.2, -0.15) is 0 Å². The molecule has 142 valence electrons. The number of carbonyl (C=O) groups excluding carboxylic acids is 1. The number of rotatable bonds is 4. The van der Waals surface area contributed by atoms with E-state index in [4.69, 9.17) is 16.3 Å². The Morgan fingerprint density at radius 1 is 1.18 bits per heavy atom. The number of aromatic amines is 1. The Balaban J connectivity index is 2.12. The Bertz CT molecular complexity index is 1180. The van der Waals surface area contributed by atoms with Crippen LogP contribution in [0.4, 0.5) is 5.69 Å². The number of nitrogens with one attached hydrogen (secondary N) is 1. The first-order valence-electron chi connectivity index (χ1n) is 7.98. The summed E-state index contributed by atoms with van der Waals surface area (Å²) in [5.74, 6) is -1.20. The summed E-state index contributed by atoms with van der Waals surface area (Å²) in [4.78, 5) is 42.4. The van der Waals surface area contributed by atoms with Crippen LogP contribution in [-0.4, -0.2) is 34.0 Å². The molecule has 8 nitrogen and oxygen atoms in total. The minimum atomic E-state index is -0.827. The van der Waals surface area contributed by atoms with Gasteiger partial charge in [0.05, 0.1) is 24.0 Å². The number of halogens is 1. The maximum Gasteiger partial charge on any atom is 0.340 e. The zero-order valence-corrected chi connectivity index (χ0v) is 15.3. The zero-order chi connectivity index (χ0) is 20.3. The molecule has 9 heteroatoms. The SMILES string of the molecule is COC(=O)c1ccccc1N=Cc1c(O)n(-c2ccc(Cl)cc2)c(=O)[nH]c1=O. The van der Waals surface area contributed by atoms with E-state index in [9.17, 15) is 19.5 Å². The number of nitrogens with zero attached hydrogens (tertiary/aromatic N) is 2. The fraction of sp³-hybridized carbons (Fsp3) is 0.0526. The molecule has 0 radical (unpaired) electrons. The molecule has 0 aliphatic heterocycles. The smallest absolute Gasteiger partial charge is 0.340 e. The van der Waals surface area contributed by atoms with Crippen molar-refractivity contribution in [2.24, 2.45) is 4.99 Å². The third kappa shape index (κ3) is 3.72. The van der Waals surface area contributed by atoms with Crippen molar-refractivity contribution in [3.63, 3.8) is 0 Å². The number of para-hydroxylation sites is 1. The van der Waals surface area contributed by atoms with Gasteiger partial charge in [0.15, 0.2) is 0 Å². The van der Waals surface area contributed by atoms with Gasteiger partial charge in [0.25, 0.3) is 5.56 Å². The Morgan fingerprint density at radius 2 is 1.86 bits per heavy atom. The lowest BCUT2D eigenvalue weighted by Gasteiger charge is -2.09. The van der Waals surface area contributed by atoms with Crippen LogP contribution in [0.5, 0.6) is 5.88 Å². The molecule has 2 aromatic carbocycles. The van der Waals surface area contributed by atoms with Crippen LogP contribution in [-0.2, 0) is 4.74 Å². The topological polar surface area (TPSA) is 114 Å². The van der Waals surface area contributed by atoms with Crippen LogP contribution in [0.25, 0.3) is 5.69 Å². The van der Waals surface area contributed by atoms with Crippen molar-refractivity contribution in [1.29, 1.82) is 0 Å². The lowest BCUT2D eigenvalue weighted by molar-refractivity contribution is 0.0601. The van der Waals surface area contributed by atoms with E-state index in [-0.39, 0.29) is 16.8 Å². The first-order valence-corrected chi connectivity index (χ1v) is 8.36. The van der Waals surface area contributed by atoms with Crippen molar-refractivity contribution in [3.8, 4) is 11.6 Å². The third-order valence-corrected chi connectivity index (χ3v) is 4.10. The minimum Gasteiger partial charge on any atom is -0.493 e. The molecule has 0 aliphatic rings. The molecule has 2 N–H and O–H groups in total. The first kappa shape index (κ1) is 19.1. The second-order valence-corrected chi connectivity index (χ2v) is 6.01. The number of hydrogen-bond donors (Lipinski definition) is 2. The fourth-order valence-corrected chi connectivity index (χ4v) is 2.61. The lowest BCUT2D eigenvalue weighted by Crippen LogP contribution is -2.31. The molecule has 3 aromatic rings. The van der Waals surface area contributed by atoms with Gasteiger partial charge >= 0.3 is 11.7 Å². The van der Waals surface area contributed by atoms with Crippen molar-refractivity contribution >= 4 is 29.5 Å². The van der Waals surface area contributed by atoms with E-state index >= 15 is 0 Å². The molecule has 0 aliphatic carbocycles. The van der Waals surface area contributed by atoms with Crippen molar-refractivity contribution in [3.05, 3.63) is 85.5 Å². The molecule has 28 heavy (non-hydrogen) atoms. The number of hydrogen-bond acceptors (Lipinski definition) is 6. The second kappa shape index (κ2) is 7.93. The van der Waals surface area contributed by atoms with Crippen LogP contribution in [0.15, 0.2) is 63.1 Å². The fourth-order valence-electron chi connectivity index (χ4n) is 2.49. The van der Waals surface area contributed by atoms with Crippen LogP contribution in [0.3, 0.4) is 0 Å². The summed E-state index contributed by atoms with van der Waals surface area (Å²) in [6.45, 7) is 0. The summed E-state index contributed by atoms with van der Waals surface area (Å²) >= 11 is 5.84. The molecule has 0 bridgehead atoms. The van der Waals surface area contributed by atoms with Gasteiger partial charge in [-0.3, -0.25) is 14.8 Å². The molecule has 0 atom stereocenters. The molecular weight excluding hydrogens is 386 g/mol. The number of H-pyrrole nitrogens is 1. The summed E-state index contributed by atoms with van der Waals surface area (Å²) < 4.78 is 5.60. The third-order valence-electron chi connectivity index (χ3n) is 3.85. The number of esters is 1. The van der Waals surface area contributed by atoms with Gasteiger partial charge in [0.2, 0.25) is 5.88 Å². The number of carbonyl (C=O) groups is 1. The van der Waals surface area contributed by atoms with Gasteiger partial charge in [-0.1, -0.05) is 23.7 Å². The Labute approximate surface area is 163 Å². The Hall–Kier alpha value is -3.65. The van der Waals surface area contributed by atoms with E-state index in [0.29, 0.717) is 10.7 Å². The number of aromatic hydroxyl groups is 1. The van der Waals surface area contributed by atoms with E-state index in [1.54, 1.807) is 18.2 Å². The predicted molar refractivity (Wildman–Crippen MR) is 104 cm³/mol. The number of ether oxygens (including phenoxy) is 1. The standard InChI is InChI=1S/C19H14ClN3O5/c1-28-18(26)13-4-2-3-5-15(13)21-10-14-16(24)22-19(27)23(17(14)25)12-8-6-11(20)7-9-12/h2-10,25H,1H3,(H,22,24,27). The highest BCUT2D eigenvalue weighted by molar-refractivity contribution is 6.30. The number of methoxy groups -OCH3 is 1. The monoisotopic (exact) mass is 399 g/mol. The highest BCUT2D eigenvalue weighted by Gasteiger charge is 2.15. The highest BCUT2D eigenvalue weighted by atomic mass is 35.5. The summed E-state index contributed by atoms with van der Waals surface area (Å²) in [5.41, 5.74) is -1.19. The largest absolute Gasteiger partial charge is 0.493 e. The predicted octanol–water partition coefficient (Wildman–Crippen LogP) is 2.42. The Morgan fingerprint density at radius 3 is 2.54 bits per heavy atom. The van der Waals surface area contributed by atoms with Crippen molar-refractivity contribution in [2.45, 2.75) is 0 Å². The summed E-state index contributed by atoms with van der Waals surface area (Å²) in [6.07, 6.45) is 1.07. The van der Waals surface area contributed by atoms with E-state index in [1.165, 1.54) is 37.4 Å². The molecule has 0 amide bonds. The molecular formula is C19H14ClN3O5. The molecule has 1 aromatic heterocycles. The van der Waals surface area contributed by atoms with Gasteiger partial charge < -0.3 is 9.84 Å². The highest BCUT2D eigenvalue weighted by Crippen LogP contribution is 2.21. The van der Waals surface area contributed by atoms with Crippen LogP contribution < -0.4 is 11.2 Å². The van der Waals surface area contributed by atoms with Crippen LogP contribution in [0, 0.1) is 0 Å². The van der Waals surface area contributed by atoms with Crippen molar-refractivity contribution < 1.29 is 14.6 Å². The van der Waals surface area contributed by atoms with Gasteiger partial charge in [-0.25, -0.2) is 14.2 Å². The first-order chi connectivity index (χ1) is 13.4. The molecule has 0 spiro atoms. The van der Waals surface area contributed by atoms with E-state index in [2.05, 4.69) is 9.98 Å². The molecule has 1 heterocycles. The number of aromatic nitrogens is 2. The van der Waals surface area contributed by atoms with Crippen LogP contribution in [0.2, 0.25) is 5.02 Å². The molecule has 3 rings (SSSR count). The molecule has 0 saturated heterocycles. The normalized spacial score (nSPS) is 10.9. The van der Waals surface area contributed by atoms with Gasteiger partial charge in [0.1, 0.15) is 5.56 Å². The minimum absolute atomic E-state index is 0.184. The number of aliphatic imine (C=N–C) groups is 1. The molecule has 0 unspecified atom stereocenters. The second-order valence-electron chi connectivity index (χ2n) is 5.58. The van der Waals surface area contributed by atoms with Crippen molar-refractivity contribution in [1.82, 2.24) is 9.55 Å². The maximum atomic E-state index is 12.2. The molecule has 0 saturated carbocycles. The number of benzene rings is 2. The summed E-state index contributed by atoms with van der Waals surface area (Å²) in [6, 6.07) is 12.4. The van der Waals surface area contributed by atoms with Crippen LogP contribution >= 0.6 is 11.6 Å². The quantitative estimate of drug-likeness (QED) is 0.516.